The maximum Gasteiger partial charge on any atom is 0.135 e. The molecular formula is C8H10N2S. The molecule has 2 nitrogen and oxygen atoms in total. The van der Waals surface area contributed by atoms with Crippen molar-refractivity contribution in [2.45, 2.75) is 25.5 Å². The van der Waals surface area contributed by atoms with E-state index in [1.165, 1.54) is 11.8 Å². The second-order valence-corrected chi connectivity index (χ2v) is 4.68. The van der Waals surface area contributed by atoms with Crippen molar-refractivity contribution in [1.82, 2.24) is 0 Å². The van der Waals surface area contributed by atoms with E-state index in [4.69, 9.17) is 10.5 Å². The SMILES string of the molecule is CC(C)(C)SC=C(C#N)C#N. The monoisotopic (exact) mass is 166 g/mol. The molecular weight excluding hydrogens is 156 g/mol. The van der Waals surface area contributed by atoms with Crippen LogP contribution < -0.4 is 0 Å². The van der Waals surface area contributed by atoms with Crippen LogP contribution >= 0.6 is 11.8 Å². The average Bonchev–Trinajstić information content (AvgIpc) is 1.88. The van der Waals surface area contributed by atoms with Gasteiger partial charge >= 0.3 is 0 Å². The molecule has 3 heteroatoms. The second kappa shape index (κ2) is 4.05. The molecule has 0 aromatic heterocycles. The molecule has 0 heterocycles. The molecule has 0 atom stereocenters. The first-order valence-electron chi connectivity index (χ1n) is 3.18. The molecule has 0 aliphatic heterocycles. The lowest BCUT2D eigenvalue weighted by molar-refractivity contribution is 0.807. The van der Waals surface area contributed by atoms with Gasteiger partial charge in [0.25, 0.3) is 0 Å². The average molecular weight is 166 g/mol. The molecule has 0 amide bonds. The maximum atomic E-state index is 8.37. The first kappa shape index (κ1) is 10.1. The van der Waals surface area contributed by atoms with Crippen molar-refractivity contribution in [3.8, 4) is 12.1 Å². The van der Waals surface area contributed by atoms with Gasteiger partial charge in [-0.05, 0) is 5.41 Å². The molecule has 0 fully saturated rings. The van der Waals surface area contributed by atoms with Crippen LogP contribution in [0.4, 0.5) is 0 Å². The normalized spacial score (nSPS) is 9.55. The highest BCUT2D eigenvalue weighted by Crippen LogP contribution is 2.25. The van der Waals surface area contributed by atoms with Gasteiger partial charge in [0.15, 0.2) is 0 Å². The minimum Gasteiger partial charge on any atom is -0.192 e. The van der Waals surface area contributed by atoms with Crippen molar-refractivity contribution in [3.05, 3.63) is 11.0 Å². The minimum atomic E-state index is 0.0684. The lowest BCUT2D eigenvalue weighted by Crippen LogP contribution is -2.04. The fourth-order valence-electron chi connectivity index (χ4n) is 0.313. The Hall–Kier alpha value is -0.930. The van der Waals surface area contributed by atoms with E-state index >= 15 is 0 Å². The van der Waals surface area contributed by atoms with E-state index in [1.807, 2.05) is 20.8 Å². The molecule has 0 unspecified atom stereocenters. The Balaban J connectivity index is 4.17. The van der Waals surface area contributed by atoms with Crippen molar-refractivity contribution < 1.29 is 0 Å². The second-order valence-electron chi connectivity index (χ2n) is 2.99. The molecule has 0 saturated carbocycles. The third kappa shape index (κ3) is 5.51. The van der Waals surface area contributed by atoms with E-state index in [0.717, 1.165) is 0 Å². The number of hydrogen-bond acceptors (Lipinski definition) is 3. The zero-order valence-electron chi connectivity index (χ0n) is 6.88. The summed E-state index contributed by atoms with van der Waals surface area (Å²) in [7, 11) is 0. The van der Waals surface area contributed by atoms with Crippen LogP contribution in [0.5, 0.6) is 0 Å². The number of hydrogen-bond donors (Lipinski definition) is 0. The van der Waals surface area contributed by atoms with Crippen LogP contribution in [-0.4, -0.2) is 4.75 Å². The van der Waals surface area contributed by atoms with E-state index in [2.05, 4.69) is 0 Å². The number of nitriles is 2. The number of nitrogens with zero attached hydrogens (tertiary/aromatic N) is 2. The van der Waals surface area contributed by atoms with Gasteiger partial charge in [-0.2, -0.15) is 10.5 Å². The Kier molecular flexibility index (Phi) is 3.71. The largest absolute Gasteiger partial charge is 0.192 e. The Labute approximate surface area is 71.5 Å². The third-order valence-corrected chi connectivity index (χ3v) is 1.83. The van der Waals surface area contributed by atoms with Crippen LogP contribution in [0.15, 0.2) is 11.0 Å². The van der Waals surface area contributed by atoms with Crippen LogP contribution in [0.2, 0.25) is 0 Å². The molecule has 0 radical (unpaired) electrons. The lowest BCUT2D eigenvalue weighted by Gasteiger charge is -2.13. The highest BCUT2D eigenvalue weighted by atomic mass is 32.2. The van der Waals surface area contributed by atoms with Gasteiger partial charge < -0.3 is 0 Å². The topological polar surface area (TPSA) is 47.6 Å². The molecule has 0 aliphatic rings. The highest BCUT2D eigenvalue weighted by Gasteiger charge is 2.08. The van der Waals surface area contributed by atoms with Gasteiger partial charge in [0, 0.05) is 4.75 Å². The summed E-state index contributed by atoms with van der Waals surface area (Å²) in [6.07, 6.45) is 0. The van der Waals surface area contributed by atoms with Gasteiger partial charge in [-0.3, -0.25) is 0 Å². The van der Waals surface area contributed by atoms with Gasteiger partial charge in [0.1, 0.15) is 17.7 Å². The predicted octanol–water partition coefficient (Wildman–Crippen LogP) is 2.45. The standard InChI is InChI=1S/C8H10N2S/c1-8(2,3)11-6-7(4-9)5-10/h6H,1-3H3. The summed E-state index contributed by atoms with van der Waals surface area (Å²) < 4.78 is 0.0684. The molecule has 0 aromatic rings. The number of rotatable bonds is 1. The van der Waals surface area contributed by atoms with Gasteiger partial charge in [-0.1, -0.05) is 20.8 Å². The van der Waals surface area contributed by atoms with E-state index in [9.17, 15) is 0 Å². The number of thioether (sulfide) groups is 1. The van der Waals surface area contributed by atoms with Crippen molar-refractivity contribution in [3.63, 3.8) is 0 Å². The molecule has 0 bridgehead atoms. The summed E-state index contributed by atoms with van der Waals surface area (Å²) in [4.78, 5) is 0. The summed E-state index contributed by atoms with van der Waals surface area (Å²) in [6, 6.07) is 3.61. The van der Waals surface area contributed by atoms with Gasteiger partial charge in [0.05, 0.1) is 0 Å². The molecule has 0 aliphatic carbocycles. The van der Waals surface area contributed by atoms with Crippen molar-refractivity contribution in [2.75, 3.05) is 0 Å². The van der Waals surface area contributed by atoms with E-state index in [0.29, 0.717) is 0 Å². The summed E-state index contributed by atoms with van der Waals surface area (Å²) >= 11 is 1.48. The lowest BCUT2D eigenvalue weighted by atomic mass is 10.3. The van der Waals surface area contributed by atoms with Gasteiger partial charge in [-0.15, -0.1) is 11.8 Å². The Morgan fingerprint density at radius 3 is 2.00 bits per heavy atom. The Morgan fingerprint density at radius 2 is 1.73 bits per heavy atom. The van der Waals surface area contributed by atoms with Crippen LogP contribution in [0, 0.1) is 22.7 Å². The quantitative estimate of drug-likeness (QED) is 0.562. The number of allylic oxidation sites excluding steroid dienone is 1. The van der Waals surface area contributed by atoms with E-state index < -0.39 is 0 Å². The van der Waals surface area contributed by atoms with Crippen LogP contribution in [-0.2, 0) is 0 Å². The van der Waals surface area contributed by atoms with Gasteiger partial charge in [-0.25, -0.2) is 0 Å². The fourth-order valence-corrected chi connectivity index (χ4v) is 0.890. The molecule has 0 saturated heterocycles. The molecule has 11 heavy (non-hydrogen) atoms. The van der Waals surface area contributed by atoms with Crippen LogP contribution in [0.1, 0.15) is 20.8 Å². The van der Waals surface area contributed by atoms with Crippen molar-refractivity contribution in [1.29, 1.82) is 10.5 Å². The molecule has 58 valence electrons. The first-order chi connectivity index (χ1) is 4.99. The van der Waals surface area contributed by atoms with Gasteiger partial charge in [0.2, 0.25) is 0 Å². The summed E-state index contributed by atoms with van der Waals surface area (Å²) in [5.74, 6) is 0. The summed E-state index contributed by atoms with van der Waals surface area (Å²) in [6.45, 7) is 6.08. The van der Waals surface area contributed by atoms with Crippen LogP contribution in [0.25, 0.3) is 0 Å². The minimum absolute atomic E-state index is 0.0684. The summed E-state index contributed by atoms with van der Waals surface area (Å²) in [5.41, 5.74) is 0.171. The van der Waals surface area contributed by atoms with Crippen molar-refractivity contribution >= 4 is 11.8 Å². The molecule has 0 aromatic carbocycles. The van der Waals surface area contributed by atoms with Crippen molar-refractivity contribution in [2.24, 2.45) is 0 Å². The molecule has 0 spiro atoms. The first-order valence-corrected chi connectivity index (χ1v) is 4.06. The van der Waals surface area contributed by atoms with Crippen LogP contribution in [0.3, 0.4) is 0 Å². The summed E-state index contributed by atoms with van der Waals surface area (Å²) in [5, 5.41) is 18.3. The molecule has 0 rings (SSSR count). The predicted molar refractivity (Wildman–Crippen MR) is 46.7 cm³/mol. The molecule has 0 N–H and O–H groups in total. The maximum absolute atomic E-state index is 8.37. The third-order valence-electron chi connectivity index (χ3n) is 0.771. The Morgan fingerprint density at radius 1 is 1.27 bits per heavy atom. The fraction of sp³-hybridized carbons (Fsp3) is 0.500. The van der Waals surface area contributed by atoms with E-state index in [1.54, 1.807) is 17.5 Å². The zero-order valence-corrected chi connectivity index (χ0v) is 7.70. The smallest absolute Gasteiger partial charge is 0.135 e. The van der Waals surface area contributed by atoms with E-state index in [-0.39, 0.29) is 10.3 Å². The zero-order chi connectivity index (χ0) is 8.91. The Bertz CT molecular complexity index is 218. The highest BCUT2D eigenvalue weighted by molar-refractivity contribution is 8.03.